The number of non-ortho nitro benzene ring substituents is 1. The Labute approximate surface area is 185 Å². The summed E-state index contributed by atoms with van der Waals surface area (Å²) in [5, 5.41) is 13.9. The lowest BCUT2D eigenvalue weighted by molar-refractivity contribution is -0.384. The Bertz CT molecular complexity index is 1120. The molecule has 1 N–H and O–H groups in total. The molecule has 4 rings (SSSR count). The molecule has 2 aromatic carbocycles. The summed E-state index contributed by atoms with van der Waals surface area (Å²) < 4.78 is 17.2. The van der Waals surface area contributed by atoms with Crippen LogP contribution in [0.5, 0.6) is 11.5 Å². The molecule has 166 valence electrons. The van der Waals surface area contributed by atoms with Gasteiger partial charge >= 0.3 is 0 Å². The molecule has 8 nitrogen and oxygen atoms in total. The van der Waals surface area contributed by atoms with Crippen molar-refractivity contribution in [2.24, 2.45) is 5.92 Å². The molecular weight excluding hydrogens is 412 g/mol. The van der Waals surface area contributed by atoms with Gasteiger partial charge in [-0.1, -0.05) is 19.9 Å². The second-order valence-corrected chi connectivity index (χ2v) is 7.92. The Hall–Kier alpha value is -3.81. The van der Waals surface area contributed by atoms with E-state index in [1.807, 2.05) is 32.0 Å². The van der Waals surface area contributed by atoms with Crippen LogP contribution in [0.4, 0.5) is 5.69 Å². The van der Waals surface area contributed by atoms with E-state index in [0.717, 1.165) is 12.0 Å². The predicted octanol–water partition coefficient (Wildman–Crippen LogP) is 5.14. The average Bonchev–Trinajstić information content (AvgIpc) is 3.16. The molecule has 1 amide bonds. The van der Waals surface area contributed by atoms with Crippen molar-refractivity contribution in [2.75, 3.05) is 13.2 Å². The van der Waals surface area contributed by atoms with Gasteiger partial charge in [0.1, 0.15) is 5.76 Å². The molecule has 1 atom stereocenters. The summed E-state index contributed by atoms with van der Waals surface area (Å²) in [6, 6.07) is 14.7. The Morgan fingerprint density at radius 3 is 2.41 bits per heavy atom. The third kappa shape index (κ3) is 4.59. The Morgan fingerprint density at radius 2 is 1.72 bits per heavy atom. The minimum absolute atomic E-state index is 0.00631. The second kappa shape index (κ2) is 9.13. The molecule has 32 heavy (non-hydrogen) atoms. The summed E-state index contributed by atoms with van der Waals surface area (Å²) in [7, 11) is 0. The normalized spacial score (nSPS) is 14.0. The molecule has 1 aromatic heterocycles. The molecule has 8 heteroatoms. The van der Waals surface area contributed by atoms with Crippen molar-refractivity contribution in [2.45, 2.75) is 26.3 Å². The number of carbonyl (C=O) groups is 1. The monoisotopic (exact) mass is 436 g/mol. The van der Waals surface area contributed by atoms with Crippen LogP contribution in [-0.2, 0) is 0 Å². The van der Waals surface area contributed by atoms with Gasteiger partial charge in [0.2, 0.25) is 0 Å². The van der Waals surface area contributed by atoms with Gasteiger partial charge in [0.05, 0.1) is 24.2 Å². The van der Waals surface area contributed by atoms with E-state index in [1.165, 1.54) is 12.1 Å². The highest BCUT2D eigenvalue weighted by Gasteiger charge is 2.23. The number of nitro benzene ring substituents is 1. The molecule has 1 aliphatic heterocycles. The molecular formula is C24H24N2O6. The van der Waals surface area contributed by atoms with E-state index >= 15 is 0 Å². The van der Waals surface area contributed by atoms with Crippen LogP contribution in [-0.4, -0.2) is 24.0 Å². The number of carbonyl (C=O) groups excluding carboxylic acids is 1. The summed E-state index contributed by atoms with van der Waals surface area (Å²) >= 11 is 0. The number of fused-ring (bicyclic) bond motifs is 1. The van der Waals surface area contributed by atoms with Gasteiger partial charge in [0.15, 0.2) is 17.3 Å². The lowest BCUT2D eigenvalue weighted by Crippen LogP contribution is -2.31. The number of nitrogens with zero attached hydrogens (tertiary/aromatic N) is 1. The molecule has 2 heterocycles. The van der Waals surface area contributed by atoms with E-state index in [2.05, 4.69) is 5.32 Å². The van der Waals surface area contributed by atoms with Crippen molar-refractivity contribution in [1.29, 1.82) is 0 Å². The number of nitrogens with one attached hydrogen (secondary N) is 1. The molecule has 3 aromatic rings. The lowest BCUT2D eigenvalue weighted by Gasteiger charge is -2.23. The number of furan rings is 1. The largest absolute Gasteiger partial charge is 0.490 e. The van der Waals surface area contributed by atoms with Crippen molar-refractivity contribution in [1.82, 2.24) is 5.32 Å². The molecule has 0 aliphatic carbocycles. The molecule has 0 saturated carbocycles. The second-order valence-electron chi connectivity index (χ2n) is 7.92. The number of amides is 1. The van der Waals surface area contributed by atoms with E-state index in [4.69, 9.17) is 13.9 Å². The van der Waals surface area contributed by atoms with Crippen LogP contribution in [0.3, 0.4) is 0 Å². The standard InChI is InChI=1S/C24H24N2O6/c1-15(2)23(17-6-9-20-22(14-17)31-13-3-12-30-20)25-24(27)21-11-10-19(32-21)16-4-7-18(8-5-16)26(28)29/h4-11,14-15,23H,3,12-13H2,1-2H3,(H,25,27). The number of hydrogen-bond acceptors (Lipinski definition) is 6. The first-order valence-corrected chi connectivity index (χ1v) is 10.5. The van der Waals surface area contributed by atoms with E-state index in [1.54, 1.807) is 24.3 Å². The van der Waals surface area contributed by atoms with Crippen molar-refractivity contribution in [3.8, 4) is 22.8 Å². The molecule has 0 saturated heterocycles. The third-order valence-corrected chi connectivity index (χ3v) is 5.28. The van der Waals surface area contributed by atoms with Crippen LogP contribution >= 0.6 is 0 Å². The number of nitro groups is 1. The predicted molar refractivity (Wildman–Crippen MR) is 118 cm³/mol. The van der Waals surface area contributed by atoms with Crippen LogP contribution in [0.25, 0.3) is 11.3 Å². The van der Waals surface area contributed by atoms with Gasteiger partial charge in [-0.25, -0.2) is 0 Å². The van der Waals surface area contributed by atoms with E-state index in [9.17, 15) is 14.9 Å². The minimum Gasteiger partial charge on any atom is -0.490 e. The van der Waals surface area contributed by atoms with Gasteiger partial charge in [0.25, 0.3) is 11.6 Å². The molecule has 0 bridgehead atoms. The first kappa shape index (κ1) is 21.4. The van der Waals surface area contributed by atoms with Crippen molar-refractivity contribution in [3.05, 3.63) is 76.0 Å². The van der Waals surface area contributed by atoms with Gasteiger partial charge in [-0.3, -0.25) is 14.9 Å². The number of rotatable bonds is 6. The summed E-state index contributed by atoms with van der Waals surface area (Å²) in [5.41, 5.74) is 1.56. The van der Waals surface area contributed by atoms with Gasteiger partial charge in [-0.2, -0.15) is 0 Å². The van der Waals surface area contributed by atoms with E-state index in [-0.39, 0.29) is 29.3 Å². The maximum absolute atomic E-state index is 12.9. The fourth-order valence-corrected chi connectivity index (χ4v) is 3.58. The maximum Gasteiger partial charge on any atom is 0.287 e. The molecule has 0 fully saturated rings. The van der Waals surface area contributed by atoms with Crippen molar-refractivity contribution >= 4 is 11.6 Å². The Kier molecular flexibility index (Phi) is 6.11. The highest BCUT2D eigenvalue weighted by atomic mass is 16.6. The zero-order valence-corrected chi connectivity index (χ0v) is 17.9. The fraction of sp³-hybridized carbons (Fsp3) is 0.292. The summed E-state index contributed by atoms with van der Waals surface area (Å²) in [6.07, 6.45) is 0.823. The topological polar surface area (TPSA) is 104 Å². The number of hydrogen-bond donors (Lipinski definition) is 1. The van der Waals surface area contributed by atoms with Crippen LogP contribution in [0.1, 0.15) is 42.4 Å². The molecule has 1 unspecified atom stereocenters. The first-order chi connectivity index (χ1) is 15.4. The van der Waals surface area contributed by atoms with Crippen LogP contribution < -0.4 is 14.8 Å². The highest BCUT2D eigenvalue weighted by Crippen LogP contribution is 2.34. The fourth-order valence-electron chi connectivity index (χ4n) is 3.58. The highest BCUT2D eigenvalue weighted by molar-refractivity contribution is 5.92. The van der Waals surface area contributed by atoms with Gasteiger partial charge in [0, 0.05) is 24.1 Å². The molecule has 0 spiro atoms. The Morgan fingerprint density at radius 1 is 1.00 bits per heavy atom. The quantitative estimate of drug-likeness (QED) is 0.424. The number of ether oxygens (including phenoxy) is 2. The van der Waals surface area contributed by atoms with Gasteiger partial charge in [-0.05, 0) is 47.9 Å². The zero-order valence-electron chi connectivity index (χ0n) is 17.9. The smallest absolute Gasteiger partial charge is 0.287 e. The van der Waals surface area contributed by atoms with Crippen molar-refractivity contribution in [3.63, 3.8) is 0 Å². The number of benzene rings is 2. The lowest BCUT2D eigenvalue weighted by atomic mass is 9.95. The van der Waals surface area contributed by atoms with Crippen LogP contribution in [0, 0.1) is 16.0 Å². The molecule has 0 radical (unpaired) electrons. The maximum atomic E-state index is 12.9. The van der Waals surface area contributed by atoms with Gasteiger partial charge in [-0.15, -0.1) is 0 Å². The van der Waals surface area contributed by atoms with Crippen molar-refractivity contribution < 1.29 is 23.6 Å². The summed E-state index contributed by atoms with van der Waals surface area (Å²) in [4.78, 5) is 23.3. The summed E-state index contributed by atoms with van der Waals surface area (Å²) in [5.74, 6) is 1.79. The third-order valence-electron chi connectivity index (χ3n) is 5.28. The minimum atomic E-state index is -0.462. The summed E-state index contributed by atoms with van der Waals surface area (Å²) in [6.45, 7) is 5.26. The molecule has 1 aliphatic rings. The zero-order chi connectivity index (χ0) is 22.7. The van der Waals surface area contributed by atoms with Crippen LogP contribution in [0.15, 0.2) is 59.0 Å². The SMILES string of the molecule is CC(C)C(NC(=O)c1ccc(-c2ccc([N+](=O)[O-])cc2)o1)c1ccc2c(c1)OCCCO2. The average molecular weight is 436 g/mol. The van der Waals surface area contributed by atoms with E-state index < -0.39 is 4.92 Å². The van der Waals surface area contributed by atoms with Gasteiger partial charge < -0.3 is 19.2 Å². The first-order valence-electron chi connectivity index (χ1n) is 10.5. The Balaban J connectivity index is 1.52. The van der Waals surface area contributed by atoms with Crippen LogP contribution in [0.2, 0.25) is 0 Å². The van der Waals surface area contributed by atoms with E-state index in [0.29, 0.717) is 36.0 Å².